The molecule has 0 radical (unpaired) electrons. The van der Waals surface area contributed by atoms with E-state index >= 15 is 0 Å². The highest BCUT2D eigenvalue weighted by atomic mass is 32.1. The lowest BCUT2D eigenvalue weighted by Crippen LogP contribution is -2.38. The highest BCUT2D eigenvalue weighted by molar-refractivity contribution is 7.13. The maximum Gasteiger partial charge on any atom is 0.271 e. The number of nitrogens with one attached hydrogen (secondary N) is 1. The Hall–Kier alpha value is -1.63. The van der Waals surface area contributed by atoms with Crippen LogP contribution in [0.5, 0.6) is 0 Å². The minimum atomic E-state index is -0.356. The molecule has 17 heavy (non-hydrogen) atoms. The third-order valence-corrected chi connectivity index (χ3v) is 3.29. The van der Waals surface area contributed by atoms with Crippen LogP contribution in [0.2, 0.25) is 0 Å². The number of amides is 2. The van der Waals surface area contributed by atoms with Crippen LogP contribution in [0, 0.1) is 0 Å². The van der Waals surface area contributed by atoms with Crippen molar-refractivity contribution in [3.05, 3.63) is 11.1 Å². The van der Waals surface area contributed by atoms with E-state index < -0.39 is 0 Å². The molecule has 2 heterocycles. The van der Waals surface area contributed by atoms with Gasteiger partial charge in [-0.3, -0.25) is 9.59 Å². The fraction of sp³-hybridized carbons (Fsp3) is 0.500. The number of hydrogen-bond acceptors (Lipinski definition) is 5. The minimum Gasteiger partial charge on any atom is -0.375 e. The van der Waals surface area contributed by atoms with E-state index in [0.29, 0.717) is 5.13 Å². The van der Waals surface area contributed by atoms with Gasteiger partial charge in [-0.25, -0.2) is 4.98 Å². The van der Waals surface area contributed by atoms with Crippen molar-refractivity contribution in [2.24, 2.45) is 0 Å². The summed E-state index contributed by atoms with van der Waals surface area (Å²) in [6, 6.07) is 0. The molecule has 1 saturated heterocycles. The standard InChI is InChI=1S/C10H14N4O2S/c11-10-13-7(6-17-10)9(16)12-5-8(15)14-3-1-2-4-14/h6H,1-5H2,(H2,11,13)(H,12,16). The molecule has 0 aliphatic carbocycles. The van der Waals surface area contributed by atoms with E-state index in [-0.39, 0.29) is 24.1 Å². The third-order valence-electron chi connectivity index (χ3n) is 2.61. The first-order valence-electron chi connectivity index (χ1n) is 5.44. The van der Waals surface area contributed by atoms with Crippen molar-refractivity contribution in [1.29, 1.82) is 0 Å². The van der Waals surface area contributed by atoms with Crippen LogP contribution in [-0.2, 0) is 4.79 Å². The van der Waals surface area contributed by atoms with Gasteiger partial charge in [-0.15, -0.1) is 11.3 Å². The van der Waals surface area contributed by atoms with Gasteiger partial charge >= 0.3 is 0 Å². The Morgan fingerprint density at radius 1 is 1.47 bits per heavy atom. The van der Waals surface area contributed by atoms with Crippen molar-refractivity contribution < 1.29 is 9.59 Å². The van der Waals surface area contributed by atoms with Gasteiger partial charge in [0.1, 0.15) is 5.69 Å². The molecule has 0 aromatic carbocycles. The van der Waals surface area contributed by atoms with Crippen molar-refractivity contribution in [2.75, 3.05) is 25.4 Å². The molecular formula is C10H14N4O2S. The minimum absolute atomic E-state index is 0.0241. The summed E-state index contributed by atoms with van der Waals surface area (Å²) in [6.45, 7) is 1.60. The molecule has 3 N–H and O–H groups in total. The van der Waals surface area contributed by atoms with E-state index in [2.05, 4.69) is 10.3 Å². The van der Waals surface area contributed by atoms with Crippen LogP contribution in [0.4, 0.5) is 5.13 Å². The molecular weight excluding hydrogens is 240 g/mol. The monoisotopic (exact) mass is 254 g/mol. The summed E-state index contributed by atoms with van der Waals surface area (Å²) < 4.78 is 0. The molecule has 0 saturated carbocycles. The summed E-state index contributed by atoms with van der Waals surface area (Å²) in [5.41, 5.74) is 5.69. The molecule has 1 fully saturated rings. The average Bonchev–Trinajstić information content (AvgIpc) is 2.95. The Balaban J connectivity index is 1.81. The normalized spacial score (nSPS) is 14.9. The largest absolute Gasteiger partial charge is 0.375 e. The molecule has 0 spiro atoms. The molecule has 0 atom stereocenters. The van der Waals surface area contributed by atoms with Gasteiger partial charge in [0.05, 0.1) is 6.54 Å². The summed E-state index contributed by atoms with van der Waals surface area (Å²) in [4.78, 5) is 28.8. The molecule has 92 valence electrons. The predicted octanol–water partition coefficient (Wildman–Crippen LogP) is 0.0775. The molecule has 2 amide bonds. The molecule has 1 aromatic rings. The number of nitrogen functional groups attached to an aromatic ring is 1. The van der Waals surface area contributed by atoms with E-state index in [4.69, 9.17) is 5.73 Å². The number of carbonyl (C=O) groups is 2. The second-order valence-corrected chi connectivity index (χ2v) is 4.73. The zero-order chi connectivity index (χ0) is 12.3. The number of hydrogen-bond donors (Lipinski definition) is 2. The van der Waals surface area contributed by atoms with E-state index in [1.54, 1.807) is 10.3 Å². The fourth-order valence-corrected chi connectivity index (χ4v) is 2.26. The van der Waals surface area contributed by atoms with Crippen molar-refractivity contribution in [3.63, 3.8) is 0 Å². The molecule has 2 rings (SSSR count). The number of carbonyl (C=O) groups excluding carboxylic acids is 2. The first kappa shape index (κ1) is 11.8. The van der Waals surface area contributed by atoms with Gasteiger partial charge in [-0.05, 0) is 12.8 Å². The van der Waals surface area contributed by atoms with E-state index in [9.17, 15) is 9.59 Å². The van der Waals surface area contributed by atoms with Gasteiger partial charge in [0.2, 0.25) is 5.91 Å². The number of rotatable bonds is 3. The Labute approximate surface area is 103 Å². The summed E-state index contributed by atoms with van der Waals surface area (Å²) in [5.74, 6) is -0.399. The van der Waals surface area contributed by atoms with Crippen molar-refractivity contribution >= 4 is 28.3 Å². The third kappa shape index (κ3) is 2.94. The second-order valence-electron chi connectivity index (χ2n) is 3.84. The Morgan fingerprint density at radius 3 is 2.76 bits per heavy atom. The lowest BCUT2D eigenvalue weighted by Gasteiger charge is -2.14. The topological polar surface area (TPSA) is 88.3 Å². The summed E-state index contributed by atoms with van der Waals surface area (Å²) >= 11 is 1.20. The summed E-state index contributed by atoms with van der Waals surface area (Å²) in [6.07, 6.45) is 2.09. The van der Waals surface area contributed by atoms with Gasteiger partial charge in [0.15, 0.2) is 5.13 Å². The second kappa shape index (κ2) is 5.13. The fourth-order valence-electron chi connectivity index (χ4n) is 1.72. The summed E-state index contributed by atoms with van der Waals surface area (Å²) in [5, 5.41) is 4.47. The quantitative estimate of drug-likeness (QED) is 0.799. The zero-order valence-corrected chi connectivity index (χ0v) is 10.1. The number of thiazole rings is 1. The van der Waals surface area contributed by atoms with Crippen LogP contribution in [-0.4, -0.2) is 41.3 Å². The van der Waals surface area contributed by atoms with Crippen molar-refractivity contribution in [1.82, 2.24) is 15.2 Å². The zero-order valence-electron chi connectivity index (χ0n) is 9.31. The number of anilines is 1. The van der Waals surface area contributed by atoms with Gasteiger partial charge in [0.25, 0.3) is 5.91 Å². The molecule has 0 bridgehead atoms. The molecule has 1 aromatic heterocycles. The molecule has 0 unspecified atom stereocenters. The van der Waals surface area contributed by atoms with E-state index in [0.717, 1.165) is 25.9 Å². The predicted molar refractivity (Wildman–Crippen MR) is 64.7 cm³/mol. The van der Waals surface area contributed by atoms with E-state index in [1.165, 1.54) is 11.3 Å². The number of likely N-dealkylation sites (tertiary alicyclic amines) is 1. The van der Waals surface area contributed by atoms with Gasteiger partial charge < -0.3 is 16.0 Å². The van der Waals surface area contributed by atoms with Crippen molar-refractivity contribution in [2.45, 2.75) is 12.8 Å². The maximum absolute atomic E-state index is 11.7. The highest BCUT2D eigenvalue weighted by Gasteiger charge is 2.18. The van der Waals surface area contributed by atoms with Crippen molar-refractivity contribution in [3.8, 4) is 0 Å². The van der Waals surface area contributed by atoms with Gasteiger partial charge in [-0.2, -0.15) is 0 Å². The molecule has 7 heteroatoms. The van der Waals surface area contributed by atoms with Gasteiger partial charge in [-0.1, -0.05) is 0 Å². The van der Waals surface area contributed by atoms with Gasteiger partial charge in [0, 0.05) is 18.5 Å². The Morgan fingerprint density at radius 2 is 2.18 bits per heavy atom. The highest BCUT2D eigenvalue weighted by Crippen LogP contribution is 2.10. The summed E-state index contributed by atoms with van der Waals surface area (Å²) in [7, 11) is 0. The van der Waals surface area contributed by atoms with Crippen LogP contribution < -0.4 is 11.1 Å². The maximum atomic E-state index is 11.7. The number of nitrogens with zero attached hydrogens (tertiary/aromatic N) is 2. The first-order chi connectivity index (χ1) is 8.16. The first-order valence-corrected chi connectivity index (χ1v) is 6.32. The van der Waals surface area contributed by atoms with E-state index in [1.807, 2.05) is 0 Å². The molecule has 6 nitrogen and oxygen atoms in total. The molecule has 1 aliphatic heterocycles. The molecule has 1 aliphatic rings. The number of nitrogens with two attached hydrogens (primary N) is 1. The van der Waals surface area contributed by atoms with Crippen LogP contribution in [0.25, 0.3) is 0 Å². The Bertz CT molecular complexity index is 426. The van der Waals surface area contributed by atoms with Crippen LogP contribution in [0.3, 0.4) is 0 Å². The average molecular weight is 254 g/mol. The SMILES string of the molecule is Nc1nc(C(=O)NCC(=O)N2CCCC2)cs1. The Kier molecular flexibility index (Phi) is 3.58. The smallest absolute Gasteiger partial charge is 0.271 e. The number of aromatic nitrogens is 1. The lowest BCUT2D eigenvalue weighted by atomic mass is 10.4. The van der Waals surface area contributed by atoms with Crippen LogP contribution >= 0.6 is 11.3 Å². The lowest BCUT2D eigenvalue weighted by molar-refractivity contribution is -0.129. The van der Waals surface area contributed by atoms with Crippen LogP contribution in [0.15, 0.2) is 5.38 Å². The van der Waals surface area contributed by atoms with Crippen LogP contribution in [0.1, 0.15) is 23.3 Å².